The number of rotatable bonds is 3. The van der Waals surface area contributed by atoms with Crippen molar-refractivity contribution in [2.45, 2.75) is 32.5 Å². The molecule has 1 aromatic heterocycles. The number of para-hydroxylation sites is 1. The Kier molecular flexibility index (Phi) is 3.21. The van der Waals surface area contributed by atoms with Gasteiger partial charge in [0.25, 0.3) is 0 Å². The van der Waals surface area contributed by atoms with Crippen LogP contribution in [0.3, 0.4) is 0 Å². The Labute approximate surface area is 112 Å². The largest absolute Gasteiger partial charge is 0.486 e. The van der Waals surface area contributed by atoms with Crippen LogP contribution in [0.2, 0.25) is 0 Å². The molecule has 0 fully saturated rings. The van der Waals surface area contributed by atoms with Crippen LogP contribution in [0.5, 0.6) is 5.75 Å². The van der Waals surface area contributed by atoms with Crippen molar-refractivity contribution in [2.75, 3.05) is 0 Å². The summed E-state index contributed by atoms with van der Waals surface area (Å²) in [5.74, 6) is 2.86. The second-order valence-electron chi connectivity index (χ2n) is 5.00. The topological polar surface area (TPSA) is 66.0 Å². The number of benzene rings is 1. The van der Waals surface area contributed by atoms with E-state index in [-0.39, 0.29) is 6.04 Å². The second kappa shape index (κ2) is 5.01. The Morgan fingerprint density at radius 1 is 1.37 bits per heavy atom. The molecule has 2 aromatic rings. The molecule has 2 atom stereocenters. The first kappa shape index (κ1) is 12.2. The first-order chi connectivity index (χ1) is 9.24. The van der Waals surface area contributed by atoms with E-state index in [0.717, 1.165) is 24.5 Å². The van der Waals surface area contributed by atoms with E-state index in [1.165, 1.54) is 0 Å². The number of fused-ring (bicyclic) bond motifs is 1. The zero-order chi connectivity index (χ0) is 13.2. The fraction of sp³-hybridized carbons (Fsp3) is 0.429. The van der Waals surface area contributed by atoms with Gasteiger partial charge in [0, 0.05) is 6.54 Å². The van der Waals surface area contributed by atoms with Gasteiger partial charge in [-0.1, -0.05) is 25.1 Å². The van der Waals surface area contributed by atoms with E-state index in [4.69, 9.17) is 10.5 Å². The van der Waals surface area contributed by atoms with E-state index in [9.17, 15) is 0 Å². The molecular weight excluding hydrogens is 240 g/mol. The Morgan fingerprint density at radius 3 is 2.95 bits per heavy atom. The summed E-state index contributed by atoms with van der Waals surface area (Å²) in [4.78, 5) is 4.50. The SMILES string of the molecule is CC1CCn2nc(COc3ccccc3)nc2C1N. The lowest BCUT2D eigenvalue weighted by Crippen LogP contribution is -2.29. The summed E-state index contributed by atoms with van der Waals surface area (Å²) in [7, 11) is 0. The van der Waals surface area contributed by atoms with Gasteiger partial charge in [-0.05, 0) is 24.5 Å². The molecule has 100 valence electrons. The lowest BCUT2D eigenvalue weighted by Gasteiger charge is -2.24. The molecule has 2 heterocycles. The van der Waals surface area contributed by atoms with Crippen molar-refractivity contribution in [3.63, 3.8) is 0 Å². The standard InChI is InChI=1S/C14H18N4O/c1-10-7-8-18-14(13(10)15)16-12(17-18)9-19-11-5-3-2-4-6-11/h2-6,10,13H,7-9,15H2,1H3. The molecule has 0 aliphatic carbocycles. The van der Waals surface area contributed by atoms with Crippen LogP contribution in [0.1, 0.15) is 31.0 Å². The summed E-state index contributed by atoms with van der Waals surface area (Å²) in [6.07, 6.45) is 1.05. The van der Waals surface area contributed by atoms with Gasteiger partial charge in [0.05, 0.1) is 6.04 Å². The van der Waals surface area contributed by atoms with Crippen molar-refractivity contribution in [2.24, 2.45) is 11.7 Å². The van der Waals surface area contributed by atoms with Crippen LogP contribution >= 0.6 is 0 Å². The van der Waals surface area contributed by atoms with E-state index in [0.29, 0.717) is 18.3 Å². The maximum atomic E-state index is 6.15. The summed E-state index contributed by atoms with van der Waals surface area (Å²) >= 11 is 0. The highest BCUT2D eigenvalue weighted by Crippen LogP contribution is 2.26. The molecule has 0 bridgehead atoms. The van der Waals surface area contributed by atoms with Gasteiger partial charge in [0.15, 0.2) is 5.82 Å². The number of aromatic nitrogens is 3. The number of ether oxygens (including phenoxy) is 1. The van der Waals surface area contributed by atoms with Gasteiger partial charge < -0.3 is 10.5 Å². The third-order valence-electron chi connectivity index (χ3n) is 3.56. The average molecular weight is 258 g/mol. The molecule has 1 aromatic carbocycles. The predicted molar refractivity (Wildman–Crippen MR) is 71.5 cm³/mol. The molecule has 3 rings (SSSR count). The van der Waals surface area contributed by atoms with Crippen LogP contribution in [0.15, 0.2) is 30.3 Å². The fourth-order valence-electron chi connectivity index (χ4n) is 2.30. The molecule has 0 amide bonds. The molecule has 5 nitrogen and oxygen atoms in total. The highest BCUT2D eigenvalue weighted by Gasteiger charge is 2.26. The van der Waals surface area contributed by atoms with Gasteiger partial charge in [-0.3, -0.25) is 0 Å². The van der Waals surface area contributed by atoms with Crippen molar-refractivity contribution in [3.05, 3.63) is 42.0 Å². The van der Waals surface area contributed by atoms with Crippen LogP contribution in [0.4, 0.5) is 0 Å². The molecule has 2 N–H and O–H groups in total. The van der Waals surface area contributed by atoms with Crippen LogP contribution in [0, 0.1) is 5.92 Å². The molecule has 19 heavy (non-hydrogen) atoms. The average Bonchev–Trinajstić information content (AvgIpc) is 2.86. The summed E-state index contributed by atoms with van der Waals surface area (Å²) in [5.41, 5.74) is 6.15. The van der Waals surface area contributed by atoms with Gasteiger partial charge >= 0.3 is 0 Å². The molecule has 0 spiro atoms. The normalized spacial score (nSPS) is 22.0. The van der Waals surface area contributed by atoms with Crippen LogP contribution in [0.25, 0.3) is 0 Å². The van der Waals surface area contributed by atoms with Gasteiger partial charge in [-0.25, -0.2) is 9.67 Å². The maximum Gasteiger partial charge on any atom is 0.188 e. The third-order valence-corrected chi connectivity index (χ3v) is 3.56. The van der Waals surface area contributed by atoms with Crippen molar-refractivity contribution in [1.82, 2.24) is 14.8 Å². The van der Waals surface area contributed by atoms with Gasteiger partial charge in [0.1, 0.15) is 18.2 Å². The molecule has 0 saturated carbocycles. The van der Waals surface area contributed by atoms with Crippen molar-refractivity contribution < 1.29 is 4.74 Å². The highest BCUT2D eigenvalue weighted by atomic mass is 16.5. The lowest BCUT2D eigenvalue weighted by molar-refractivity contribution is 0.294. The van der Waals surface area contributed by atoms with Crippen LogP contribution < -0.4 is 10.5 Å². The van der Waals surface area contributed by atoms with E-state index in [1.807, 2.05) is 35.0 Å². The smallest absolute Gasteiger partial charge is 0.188 e. The molecule has 1 aliphatic rings. The van der Waals surface area contributed by atoms with E-state index >= 15 is 0 Å². The Hall–Kier alpha value is -1.88. The summed E-state index contributed by atoms with van der Waals surface area (Å²) in [6.45, 7) is 3.43. The van der Waals surface area contributed by atoms with Gasteiger partial charge in [0.2, 0.25) is 0 Å². The quantitative estimate of drug-likeness (QED) is 0.913. The number of nitrogens with two attached hydrogens (primary N) is 1. The summed E-state index contributed by atoms with van der Waals surface area (Å²) < 4.78 is 7.56. The first-order valence-electron chi connectivity index (χ1n) is 6.61. The van der Waals surface area contributed by atoms with E-state index < -0.39 is 0 Å². The van der Waals surface area contributed by atoms with Crippen molar-refractivity contribution in [1.29, 1.82) is 0 Å². The number of hydrogen-bond acceptors (Lipinski definition) is 4. The molecule has 0 radical (unpaired) electrons. The van der Waals surface area contributed by atoms with Crippen molar-refractivity contribution >= 4 is 0 Å². The summed E-state index contributed by atoms with van der Waals surface area (Å²) in [6, 6.07) is 9.66. The number of aryl methyl sites for hydroxylation is 1. The zero-order valence-corrected chi connectivity index (χ0v) is 11.0. The maximum absolute atomic E-state index is 6.15. The predicted octanol–water partition coefficient (Wildman–Crippen LogP) is 1.90. The minimum absolute atomic E-state index is 0.0216. The number of nitrogens with zero attached hydrogens (tertiary/aromatic N) is 3. The minimum atomic E-state index is -0.0216. The molecule has 2 unspecified atom stereocenters. The molecule has 0 saturated heterocycles. The highest BCUT2D eigenvalue weighted by molar-refractivity contribution is 5.21. The van der Waals surface area contributed by atoms with E-state index in [1.54, 1.807) is 0 Å². The van der Waals surface area contributed by atoms with Gasteiger partial charge in [-0.2, -0.15) is 5.10 Å². The Bertz CT molecular complexity index is 552. The zero-order valence-electron chi connectivity index (χ0n) is 11.0. The third kappa shape index (κ3) is 2.46. The Morgan fingerprint density at radius 2 is 2.16 bits per heavy atom. The van der Waals surface area contributed by atoms with Crippen molar-refractivity contribution in [3.8, 4) is 5.75 Å². The number of hydrogen-bond donors (Lipinski definition) is 1. The molecule has 5 heteroatoms. The monoisotopic (exact) mass is 258 g/mol. The van der Waals surface area contributed by atoms with Crippen LogP contribution in [-0.4, -0.2) is 14.8 Å². The summed E-state index contributed by atoms with van der Waals surface area (Å²) in [5, 5.41) is 4.45. The second-order valence-corrected chi connectivity index (χ2v) is 5.00. The lowest BCUT2D eigenvalue weighted by atomic mass is 9.96. The Balaban J connectivity index is 1.72. The fourth-order valence-corrected chi connectivity index (χ4v) is 2.30. The molecule has 1 aliphatic heterocycles. The van der Waals surface area contributed by atoms with E-state index in [2.05, 4.69) is 17.0 Å². The molecular formula is C14H18N4O. The van der Waals surface area contributed by atoms with Crippen LogP contribution in [-0.2, 0) is 13.2 Å². The minimum Gasteiger partial charge on any atom is -0.486 e. The first-order valence-corrected chi connectivity index (χ1v) is 6.61. The van der Waals surface area contributed by atoms with Gasteiger partial charge in [-0.15, -0.1) is 0 Å².